The topological polar surface area (TPSA) is 86.2 Å². The zero-order chi connectivity index (χ0) is 4.50. The SMILES string of the molecule is O=P([O-])([O-])[O-].[Ca+2].[Eu+3]. The van der Waals surface area contributed by atoms with Crippen molar-refractivity contribution in [3.8, 4) is 0 Å². The molecule has 36 valence electrons. The molecule has 0 aromatic rings. The molecule has 0 aliphatic carbocycles. The number of hydrogen-bond donors (Lipinski definition) is 0. The van der Waals surface area contributed by atoms with Gasteiger partial charge in [0.05, 0.1) is 0 Å². The van der Waals surface area contributed by atoms with E-state index in [-0.39, 0.29) is 87.1 Å². The Balaban J connectivity index is -0.0000000800. The summed E-state index contributed by atoms with van der Waals surface area (Å²) in [5.41, 5.74) is 0. The Labute approximate surface area is 111 Å². The monoisotopic (exact) mass is 288 g/mol. The Bertz CT molecular complexity index is 57.8. The molecule has 0 atom stereocenters. The summed E-state index contributed by atoms with van der Waals surface area (Å²) in [4.78, 5) is 25.6. The number of phosphoric acid groups is 1. The van der Waals surface area contributed by atoms with E-state index in [1.807, 2.05) is 0 Å². The molecular weight excluding hydrogens is 287 g/mol. The van der Waals surface area contributed by atoms with Gasteiger partial charge in [0.2, 0.25) is 0 Å². The molecule has 0 amide bonds. The number of rotatable bonds is 0. The molecule has 0 saturated heterocycles. The van der Waals surface area contributed by atoms with Gasteiger partial charge in [-0.15, -0.1) is 0 Å². The molecule has 7 heteroatoms. The van der Waals surface area contributed by atoms with Crippen molar-refractivity contribution >= 4 is 45.6 Å². The van der Waals surface area contributed by atoms with Crippen molar-refractivity contribution in [3.63, 3.8) is 0 Å². The molecule has 0 N–H and O–H groups in total. The molecule has 0 unspecified atom stereocenters. The molecule has 0 fully saturated rings. The standard InChI is InChI=1S/Ca.Eu.H3O4P/c;;1-5(2,3)4/h;;(H3,1,2,3,4)/q+2;+3;/p-3. The van der Waals surface area contributed by atoms with Crippen LogP contribution in [0.4, 0.5) is 0 Å². The Kier molecular flexibility index (Phi) is 16.7. The second-order valence-corrected chi connectivity index (χ2v) is 1.34. The van der Waals surface area contributed by atoms with Crippen LogP contribution in [0.5, 0.6) is 0 Å². The minimum atomic E-state index is -5.39. The van der Waals surface area contributed by atoms with Crippen molar-refractivity contribution in [2.75, 3.05) is 0 Å². The molecule has 0 rings (SSSR count). The minimum Gasteiger partial charge on any atom is -0.822 e. The molecule has 0 saturated carbocycles. The van der Waals surface area contributed by atoms with E-state index in [2.05, 4.69) is 0 Å². The summed E-state index contributed by atoms with van der Waals surface area (Å²) in [6, 6.07) is 0. The van der Waals surface area contributed by atoms with Crippen LogP contribution in [0, 0.1) is 49.4 Å². The van der Waals surface area contributed by atoms with E-state index in [0.717, 1.165) is 0 Å². The average molecular weight is 287 g/mol. The summed E-state index contributed by atoms with van der Waals surface area (Å²) in [6.07, 6.45) is 0. The van der Waals surface area contributed by atoms with Crippen molar-refractivity contribution in [3.05, 3.63) is 0 Å². The van der Waals surface area contributed by atoms with Crippen LogP contribution < -0.4 is 14.7 Å². The van der Waals surface area contributed by atoms with Gasteiger partial charge < -0.3 is 19.2 Å². The van der Waals surface area contributed by atoms with E-state index in [4.69, 9.17) is 19.2 Å². The smallest absolute Gasteiger partial charge is 0.822 e. The molecule has 0 aromatic carbocycles. The van der Waals surface area contributed by atoms with Gasteiger partial charge in [-0.2, -0.15) is 7.82 Å². The number of hydrogen-bond acceptors (Lipinski definition) is 4. The maximum absolute atomic E-state index is 8.55. The Hall–Kier alpha value is 2.95. The summed E-state index contributed by atoms with van der Waals surface area (Å²) >= 11 is 0. The largest absolute Gasteiger partial charge is 3.00 e. The van der Waals surface area contributed by atoms with Gasteiger partial charge in [0, 0.05) is 0 Å². The van der Waals surface area contributed by atoms with Crippen molar-refractivity contribution in [2.45, 2.75) is 0 Å². The maximum atomic E-state index is 8.55. The van der Waals surface area contributed by atoms with E-state index in [1.54, 1.807) is 0 Å². The molecule has 0 radical (unpaired) electrons. The minimum absolute atomic E-state index is 0. The van der Waals surface area contributed by atoms with Crippen molar-refractivity contribution in [1.82, 2.24) is 0 Å². The first kappa shape index (κ1) is 16.5. The zero-order valence-electron chi connectivity index (χ0n) is 3.17. The average Bonchev–Trinajstić information content (AvgIpc) is 0.722. The molecule has 0 spiro atoms. The first-order valence-corrected chi connectivity index (χ1v) is 2.19. The fourth-order valence-corrected chi connectivity index (χ4v) is 0. The molecule has 4 nitrogen and oxygen atoms in total. The van der Waals surface area contributed by atoms with Gasteiger partial charge in [-0.05, 0) is 0 Å². The fraction of sp³-hybridized carbons (Fsp3) is 0. The van der Waals surface area contributed by atoms with Crippen molar-refractivity contribution in [2.24, 2.45) is 0 Å². The van der Waals surface area contributed by atoms with Crippen LogP contribution in [0.15, 0.2) is 0 Å². The fourth-order valence-electron chi connectivity index (χ4n) is 0. The van der Waals surface area contributed by atoms with Crippen LogP contribution in [0.1, 0.15) is 0 Å². The third-order valence-corrected chi connectivity index (χ3v) is 0. The third-order valence-electron chi connectivity index (χ3n) is 0. The molecule has 0 aliphatic heterocycles. The molecule has 0 bridgehead atoms. The quantitative estimate of drug-likeness (QED) is 0.347. The van der Waals surface area contributed by atoms with Gasteiger partial charge in [-0.3, -0.25) is 0 Å². The summed E-state index contributed by atoms with van der Waals surface area (Å²) in [6.45, 7) is 0. The molecule has 0 heterocycles. The Morgan fingerprint density at radius 3 is 1.14 bits per heavy atom. The first-order chi connectivity index (χ1) is 2.00. The van der Waals surface area contributed by atoms with Gasteiger partial charge >= 0.3 is 87.1 Å². The second kappa shape index (κ2) is 7.07. The van der Waals surface area contributed by atoms with Crippen LogP contribution in [-0.2, 0) is 4.57 Å². The maximum Gasteiger partial charge on any atom is 3.00 e. The third kappa shape index (κ3) is 49.6. The van der Waals surface area contributed by atoms with E-state index in [0.29, 0.717) is 0 Å². The Morgan fingerprint density at radius 2 is 1.14 bits per heavy atom. The summed E-state index contributed by atoms with van der Waals surface area (Å²) in [7, 11) is -5.39. The predicted molar refractivity (Wildman–Crippen MR) is 13.4 cm³/mol. The van der Waals surface area contributed by atoms with Gasteiger partial charge in [0.25, 0.3) is 0 Å². The normalized spacial score (nSPS) is 8.43. The molecule has 0 aromatic heterocycles. The van der Waals surface area contributed by atoms with E-state index in [9.17, 15) is 0 Å². The summed E-state index contributed by atoms with van der Waals surface area (Å²) in [5, 5.41) is 0. The van der Waals surface area contributed by atoms with Crippen molar-refractivity contribution in [1.29, 1.82) is 0 Å². The molecular formula is CaEuO4P+2. The van der Waals surface area contributed by atoms with Gasteiger partial charge in [-0.25, -0.2) is 0 Å². The van der Waals surface area contributed by atoms with Crippen LogP contribution in [0.3, 0.4) is 0 Å². The summed E-state index contributed by atoms with van der Waals surface area (Å²) < 4.78 is 8.55. The molecule has 0 aliphatic rings. The summed E-state index contributed by atoms with van der Waals surface area (Å²) in [5.74, 6) is 0. The van der Waals surface area contributed by atoms with Gasteiger partial charge in [-0.1, -0.05) is 0 Å². The molecule has 7 heavy (non-hydrogen) atoms. The predicted octanol–water partition coefficient (Wildman–Crippen LogP) is -3.21. The zero-order valence-corrected chi connectivity index (χ0v) is 8.69. The van der Waals surface area contributed by atoms with Crippen LogP contribution >= 0.6 is 7.82 Å². The Morgan fingerprint density at radius 1 is 1.14 bits per heavy atom. The van der Waals surface area contributed by atoms with Crippen LogP contribution in [0.25, 0.3) is 0 Å². The van der Waals surface area contributed by atoms with Crippen LogP contribution in [0.2, 0.25) is 0 Å². The van der Waals surface area contributed by atoms with Gasteiger partial charge in [0.15, 0.2) is 0 Å². The van der Waals surface area contributed by atoms with Crippen molar-refractivity contribution < 1.29 is 68.6 Å². The van der Waals surface area contributed by atoms with E-state index < -0.39 is 7.82 Å². The first-order valence-electron chi connectivity index (χ1n) is 0.730. The van der Waals surface area contributed by atoms with E-state index >= 15 is 0 Å². The van der Waals surface area contributed by atoms with Gasteiger partial charge in [0.1, 0.15) is 0 Å². The second-order valence-electron chi connectivity index (χ2n) is 0.447. The van der Waals surface area contributed by atoms with E-state index in [1.165, 1.54) is 0 Å². The van der Waals surface area contributed by atoms with Crippen LogP contribution in [-0.4, -0.2) is 37.7 Å².